The number of aryl methyl sites for hydroxylation is 3. The van der Waals surface area contributed by atoms with Crippen molar-refractivity contribution < 1.29 is 9.53 Å². The van der Waals surface area contributed by atoms with Crippen LogP contribution in [0.5, 0.6) is 0 Å². The number of carbonyl (C=O) groups is 1. The molecule has 2 heterocycles. The molecule has 5 nitrogen and oxygen atoms in total. The van der Waals surface area contributed by atoms with Crippen molar-refractivity contribution in [1.29, 1.82) is 5.26 Å². The van der Waals surface area contributed by atoms with Crippen LogP contribution in [-0.2, 0) is 24.1 Å². The second-order valence-corrected chi connectivity index (χ2v) is 5.83. The number of fused-ring (bicyclic) bond motifs is 1. The molecule has 0 aliphatic rings. The highest BCUT2D eigenvalue weighted by atomic mass is 16.5. The minimum atomic E-state index is -0.341. The zero-order chi connectivity index (χ0) is 17.6. The van der Waals surface area contributed by atoms with Gasteiger partial charge in [-0.2, -0.15) is 5.26 Å². The minimum Gasteiger partial charge on any atom is -0.465 e. The van der Waals surface area contributed by atoms with E-state index in [0.717, 1.165) is 29.3 Å². The highest BCUT2D eigenvalue weighted by Gasteiger charge is 2.13. The Kier molecular flexibility index (Phi) is 5.10. The number of ether oxygens (including phenoxy) is 1. The van der Waals surface area contributed by atoms with Crippen molar-refractivity contribution in [2.24, 2.45) is 0 Å². The topological polar surface area (TPSA) is 67.9 Å². The van der Waals surface area contributed by atoms with Crippen molar-refractivity contribution in [2.45, 2.75) is 25.8 Å². The molecule has 0 fully saturated rings. The van der Waals surface area contributed by atoms with Crippen molar-refractivity contribution >= 4 is 16.9 Å². The first kappa shape index (κ1) is 16.7. The Hall–Kier alpha value is -3.13. The zero-order valence-corrected chi connectivity index (χ0v) is 14.1. The minimum absolute atomic E-state index is 0.341. The summed E-state index contributed by atoms with van der Waals surface area (Å²) in [5, 5.41) is 9.91. The molecule has 0 saturated heterocycles. The fourth-order valence-corrected chi connectivity index (χ4v) is 3.00. The van der Waals surface area contributed by atoms with Crippen LogP contribution in [0.3, 0.4) is 0 Å². The monoisotopic (exact) mass is 333 g/mol. The number of carbonyl (C=O) groups excluding carboxylic acids is 1. The van der Waals surface area contributed by atoms with E-state index in [4.69, 9.17) is 10.00 Å². The number of esters is 1. The van der Waals surface area contributed by atoms with Crippen LogP contribution in [0.25, 0.3) is 10.9 Å². The van der Waals surface area contributed by atoms with Crippen LogP contribution in [0.1, 0.15) is 27.9 Å². The summed E-state index contributed by atoms with van der Waals surface area (Å²) in [7, 11) is 1.38. The average molecular weight is 333 g/mol. The van der Waals surface area contributed by atoms with Crippen molar-refractivity contribution in [3.05, 3.63) is 65.6 Å². The molecule has 0 aliphatic carbocycles. The SMILES string of the molecule is COC(=O)c1ccc2c(c1)c(CCc1ccncc1)cn2CCC#N. The van der Waals surface area contributed by atoms with Crippen molar-refractivity contribution in [1.82, 2.24) is 9.55 Å². The summed E-state index contributed by atoms with van der Waals surface area (Å²) in [4.78, 5) is 15.9. The van der Waals surface area contributed by atoms with Crippen LogP contribution >= 0.6 is 0 Å². The molecule has 0 spiro atoms. The van der Waals surface area contributed by atoms with E-state index in [9.17, 15) is 4.79 Å². The molecule has 3 rings (SSSR count). The molecular weight excluding hydrogens is 314 g/mol. The first-order valence-electron chi connectivity index (χ1n) is 8.19. The summed E-state index contributed by atoms with van der Waals surface area (Å²) in [5.41, 5.74) is 3.96. The number of benzene rings is 1. The number of hydrogen-bond donors (Lipinski definition) is 0. The van der Waals surface area contributed by atoms with Crippen LogP contribution in [-0.4, -0.2) is 22.6 Å². The van der Waals surface area contributed by atoms with E-state index in [1.54, 1.807) is 18.5 Å². The molecule has 0 atom stereocenters. The van der Waals surface area contributed by atoms with Crippen LogP contribution in [0.15, 0.2) is 48.9 Å². The van der Waals surface area contributed by atoms with Gasteiger partial charge in [-0.05, 0) is 54.3 Å². The highest BCUT2D eigenvalue weighted by molar-refractivity contribution is 5.95. The quantitative estimate of drug-likeness (QED) is 0.647. The molecule has 0 aliphatic heterocycles. The molecular formula is C20H19N3O2. The summed E-state index contributed by atoms with van der Waals surface area (Å²) in [6.07, 6.45) is 7.87. The van der Waals surface area contributed by atoms with Crippen molar-refractivity contribution in [3.63, 3.8) is 0 Å². The number of rotatable bonds is 6. The third-order valence-electron chi connectivity index (χ3n) is 4.28. The zero-order valence-electron chi connectivity index (χ0n) is 14.1. The molecule has 0 radical (unpaired) electrons. The van der Waals surface area contributed by atoms with Gasteiger partial charge in [-0.15, -0.1) is 0 Å². The van der Waals surface area contributed by atoms with Crippen LogP contribution in [0.2, 0.25) is 0 Å². The number of nitriles is 1. The molecule has 0 saturated carbocycles. The third-order valence-corrected chi connectivity index (χ3v) is 4.28. The second kappa shape index (κ2) is 7.63. The lowest BCUT2D eigenvalue weighted by atomic mass is 10.0. The Bertz CT molecular complexity index is 923. The lowest BCUT2D eigenvalue weighted by molar-refractivity contribution is 0.0601. The van der Waals surface area contributed by atoms with Gasteiger partial charge in [0.2, 0.25) is 0 Å². The standard InChI is InChI=1S/C20H19N3O2/c1-25-20(24)16-5-6-19-18(13-16)17(14-23(19)12-2-9-21)4-3-15-7-10-22-11-8-15/h5-8,10-11,13-14H,2-4,12H2,1H3. The molecule has 0 unspecified atom stereocenters. The van der Waals surface area contributed by atoms with Gasteiger partial charge in [-0.25, -0.2) is 4.79 Å². The van der Waals surface area contributed by atoms with E-state index in [-0.39, 0.29) is 5.97 Å². The Morgan fingerprint density at radius 2 is 2.04 bits per heavy atom. The lowest BCUT2D eigenvalue weighted by Crippen LogP contribution is -2.01. The number of hydrogen-bond acceptors (Lipinski definition) is 4. The highest BCUT2D eigenvalue weighted by Crippen LogP contribution is 2.25. The van der Waals surface area contributed by atoms with Crippen molar-refractivity contribution in [3.8, 4) is 6.07 Å². The van der Waals surface area contributed by atoms with Gasteiger partial charge >= 0.3 is 5.97 Å². The average Bonchev–Trinajstić information content (AvgIpc) is 3.02. The van der Waals surface area contributed by atoms with E-state index in [1.807, 2.05) is 24.3 Å². The predicted octanol–water partition coefficient (Wildman–Crippen LogP) is 3.52. The third kappa shape index (κ3) is 3.69. The van der Waals surface area contributed by atoms with Crippen LogP contribution < -0.4 is 0 Å². The fraction of sp³-hybridized carbons (Fsp3) is 0.250. The molecule has 3 aromatic rings. The van der Waals surface area contributed by atoms with Gasteiger partial charge in [0.25, 0.3) is 0 Å². The summed E-state index contributed by atoms with van der Waals surface area (Å²) in [6.45, 7) is 0.639. The molecule has 126 valence electrons. The van der Waals surface area contributed by atoms with E-state index in [0.29, 0.717) is 18.5 Å². The van der Waals surface area contributed by atoms with Gasteiger partial charge in [0.15, 0.2) is 0 Å². The smallest absolute Gasteiger partial charge is 0.337 e. The number of methoxy groups -OCH3 is 1. The maximum absolute atomic E-state index is 11.8. The predicted molar refractivity (Wildman–Crippen MR) is 95.2 cm³/mol. The molecule has 1 aromatic carbocycles. The van der Waals surface area contributed by atoms with E-state index < -0.39 is 0 Å². The van der Waals surface area contributed by atoms with Gasteiger partial charge in [0.05, 0.1) is 25.2 Å². The molecule has 0 N–H and O–H groups in total. The Morgan fingerprint density at radius 3 is 2.76 bits per heavy atom. The van der Waals surface area contributed by atoms with Gasteiger partial charge in [0.1, 0.15) is 0 Å². The summed E-state index contributed by atoms with van der Waals surface area (Å²) >= 11 is 0. The van der Waals surface area contributed by atoms with Crippen LogP contribution in [0.4, 0.5) is 0 Å². The van der Waals surface area contributed by atoms with E-state index in [1.165, 1.54) is 12.7 Å². The van der Waals surface area contributed by atoms with Gasteiger partial charge in [-0.1, -0.05) is 0 Å². The number of pyridine rings is 1. The first-order chi connectivity index (χ1) is 12.2. The second-order valence-electron chi connectivity index (χ2n) is 5.83. The van der Waals surface area contributed by atoms with Gasteiger partial charge < -0.3 is 9.30 Å². The Balaban J connectivity index is 1.96. The Labute approximate surface area is 146 Å². The van der Waals surface area contributed by atoms with Crippen LogP contribution in [0, 0.1) is 11.3 Å². The fourth-order valence-electron chi connectivity index (χ4n) is 3.00. The summed E-state index contributed by atoms with van der Waals surface area (Å²) in [5.74, 6) is -0.341. The molecule has 25 heavy (non-hydrogen) atoms. The maximum atomic E-state index is 11.8. The first-order valence-corrected chi connectivity index (χ1v) is 8.19. The maximum Gasteiger partial charge on any atom is 0.337 e. The van der Waals surface area contributed by atoms with Crippen molar-refractivity contribution in [2.75, 3.05) is 7.11 Å². The summed E-state index contributed by atoms with van der Waals surface area (Å²) in [6, 6.07) is 11.8. The van der Waals surface area contributed by atoms with Gasteiger partial charge in [-0.3, -0.25) is 4.98 Å². The molecule has 0 amide bonds. The van der Waals surface area contributed by atoms with E-state index in [2.05, 4.69) is 21.8 Å². The lowest BCUT2D eigenvalue weighted by Gasteiger charge is -2.04. The molecule has 5 heteroatoms. The molecule has 0 bridgehead atoms. The number of nitrogens with zero attached hydrogens (tertiary/aromatic N) is 3. The largest absolute Gasteiger partial charge is 0.465 e. The van der Waals surface area contributed by atoms with Gasteiger partial charge in [0, 0.05) is 36.0 Å². The normalized spacial score (nSPS) is 10.6. The summed E-state index contributed by atoms with van der Waals surface area (Å²) < 4.78 is 6.92. The number of aromatic nitrogens is 2. The Morgan fingerprint density at radius 1 is 1.24 bits per heavy atom. The molecule has 2 aromatic heterocycles. The van der Waals surface area contributed by atoms with E-state index >= 15 is 0 Å².